The van der Waals surface area contributed by atoms with Crippen molar-refractivity contribution in [3.05, 3.63) is 47.5 Å². The second-order valence-corrected chi connectivity index (χ2v) is 6.24. The first kappa shape index (κ1) is 20.6. The fourth-order valence-corrected chi connectivity index (χ4v) is 2.71. The minimum absolute atomic E-state index is 0. The summed E-state index contributed by atoms with van der Waals surface area (Å²) >= 11 is 0. The van der Waals surface area contributed by atoms with Crippen LogP contribution in [0.15, 0.2) is 35.3 Å². The van der Waals surface area contributed by atoms with E-state index in [1.807, 2.05) is 36.7 Å². The van der Waals surface area contributed by atoms with Crippen LogP contribution in [0.1, 0.15) is 30.1 Å². The van der Waals surface area contributed by atoms with Gasteiger partial charge in [0.2, 0.25) is 0 Å². The van der Waals surface area contributed by atoms with E-state index in [1.54, 1.807) is 0 Å². The molecule has 0 saturated carbocycles. The molecule has 0 amide bonds. The summed E-state index contributed by atoms with van der Waals surface area (Å²) in [6.07, 6.45) is 2.50. The highest BCUT2D eigenvalue weighted by Gasteiger charge is 2.16. The van der Waals surface area contributed by atoms with Crippen molar-refractivity contribution in [1.29, 1.82) is 0 Å². The van der Waals surface area contributed by atoms with Gasteiger partial charge in [-0.25, -0.2) is 4.99 Å². The molecule has 26 heavy (non-hydrogen) atoms. The zero-order chi connectivity index (χ0) is 17.5. The molecule has 0 bridgehead atoms. The molecule has 1 fully saturated rings. The van der Waals surface area contributed by atoms with Crippen molar-refractivity contribution in [3.8, 4) is 0 Å². The molecule has 142 valence electrons. The Kier molecular flexibility index (Phi) is 8.30. The van der Waals surface area contributed by atoms with E-state index in [-0.39, 0.29) is 30.1 Å². The average molecular weight is 470 g/mol. The lowest BCUT2D eigenvalue weighted by Gasteiger charge is -2.15. The van der Waals surface area contributed by atoms with Gasteiger partial charge in [-0.2, -0.15) is 0 Å². The summed E-state index contributed by atoms with van der Waals surface area (Å²) in [5.74, 6) is 2.54. The van der Waals surface area contributed by atoms with E-state index < -0.39 is 0 Å². The van der Waals surface area contributed by atoms with Gasteiger partial charge in [-0.3, -0.25) is 0 Å². The molecular formula is C18H27IN6O. The summed E-state index contributed by atoms with van der Waals surface area (Å²) in [6.45, 7) is 4.76. The number of halogens is 1. The lowest BCUT2D eigenvalue weighted by atomic mass is 10.2. The zero-order valence-corrected chi connectivity index (χ0v) is 17.6. The molecule has 3 rings (SSSR count). The van der Waals surface area contributed by atoms with E-state index in [0.717, 1.165) is 43.6 Å². The van der Waals surface area contributed by atoms with Crippen LogP contribution >= 0.6 is 24.0 Å². The van der Waals surface area contributed by atoms with Gasteiger partial charge in [-0.1, -0.05) is 30.3 Å². The number of nitrogens with one attached hydrogen (secondary N) is 2. The van der Waals surface area contributed by atoms with E-state index in [1.165, 1.54) is 5.56 Å². The SMILES string of the molecule is Cc1nnc(CNC(=NCc2ccccc2)NCC2CCCO2)n1C.I. The molecule has 2 aromatic rings. The molecule has 7 nitrogen and oxygen atoms in total. The number of aryl methyl sites for hydroxylation is 1. The maximum atomic E-state index is 5.68. The largest absolute Gasteiger partial charge is 0.376 e. The maximum Gasteiger partial charge on any atom is 0.192 e. The van der Waals surface area contributed by atoms with Gasteiger partial charge in [-0.05, 0) is 25.3 Å². The monoisotopic (exact) mass is 470 g/mol. The van der Waals surface area contributed by atoms with Crippen LogP contribution in [0.4, 0.5) is 0 Å². The molecular weight excluding hydrogens is 443 g/mol. The van der Waals surface area contributed by atoms with E-state index >= 15 is 0 Å². The van der Waals surface area contributed by atoms with Crippen LogP contribution in [0.5, 0.6) is 0 Å². The number of nitrogens with zero attached hydrogens (tertiary/aromatic N) is 4. The first-order chi connectivity index (χ1) is 12.2. The van der Waals surface area contributed by atoms with E-state index in [4.69, 9.17) is 4.74 Å². The lowest BCUT2D eigenvalue weighted by molar-refractivity contribution is 0.113. The summed E-state index contributed by atoms with van der Waals surface area (Å²) in [6, 6.07) is 10.2. The van der Waals surface area contributed by atoms with Gasteiger partial charge < -0.3 is 19.9 Å². The molecule has 0 spiro atoms. The van der Waals surface area contributed by atoms with Crippen LogP contribution in [0.2, 0.25) is 0 Å². The van der Waals surface area contributed by atoms with Gasteiger partial charge in [0, 0.05) is 20.2 Å². The van der Waals surface area contributed by atoms with Crippen molar-refractivity contribution in [2.24, 2.45) is 12.0 Å². The van der Waals surface area contributed by atoms with E-state index in [9.17, 15) is 0 Å². The Morgan fingerprint density at radius 1 is 1.27 bits per heavy atom. The Hall–Kier alpha value is -1.68. The van der Waals surface area contributed by atoms with Gasteiger partial charge in [0.1, 0.15) is 5.82 Å². The molecule has 1 aromatic carbocycles. The Bertz CT molecular complexity index is 697. The third kappa shape index (κ3) is 5.94. The molecule has 2 N–H and O–H groups in total. The molecule has 1 aliphatic heterocycles. The van der Waals surface area contributed by atoms with Crippen molar-refractivity contribution < 1.29 is 4.74 Å². The van der Waals surface area contributed by atoms with Crippen LogP contribution in [0.25, 0.3) is 0 Å². The lowest BCUT2D eigenvalue weighted by Crippen LogP contribution is -2.41. The Balaban J connectivity index is 0.00000243. The van der Waals surface area contributed by atoms with Gasteiger partial charge in [0.25, 0.3) is 0 Å². The van der Waals surface area contributed by atoms with Gasteiger partial charge in [0.05, 0.1) is 19.2 Å². The molecule has 0 aliphatic carbocycles. The normalized spacial score (nSPS) is 17.0. The third-order valence-corrected chi connectivity index (χ3v) is 4.38. The highest BCUT2D eigenvalue weighted by atomic mass is 127. The summed E-state index contributed by atoms with van der Waals surface area (Å²) in [4.78, 5) is 4.69. The Morgan fingerprint density at radius 2 is 2.08 bits per heavy atom. The standard InChI is InChI=1S/C18H26N6O.HI/c1-14-22-23-17(24(14)2)13-21-18(20-12-16-9-6-10-25-16)19-11-15-7-4-3-5-8-15;/h3-5,7-8,16H,6,9-13H2,1-2H3,(H2,19,20,21);1H. The first-order valence-electron chi connectivity index (χ1n) is 8.75. The van der Waals surface area contributed by atoms with Crippen molar-refractivity contribution in [2.45, 2.75) is 39.0 Å². The number of aliphatic imine (C=N–C) groups is 1. The highest BCUT2D eigenvalue weighted by molar-refractivity contribution is 14.0. The van der Waals surface area contributed by atoms with Crippen molar-refractivity contribution in [2.75, 3.05) is 13.2 Å². The van der Waals surface area contributed by atoms with E-state index in [0.29, 0.717) is 13.1 Å². The second kappa shape index (κ2) is 10.5. The van der Waals surface area contributed by atoms with Crippen LogP contribution in [0, 0.1) is 6.92 Å². The number of guanidine groups is 1. The molecule has 1 atom stereocenters. The van der Waals surface area contributed by atoms with Gasteiger partial charge in [-0.15, -0.1) is 34.2 Å². The minimum atomic E-state index is 0. The van der Waals surface area contributed by atoms with Crippen molar-refractivity contribution >= 4 is 29.9 Å². The second-order valence-electron chi connectivity index (χ2n) is 6.24. The predicted octanol–water partition coefficient (Wildman–Crippen LogP) is 2.16. The van der Waals surface area contributed by atoms with Crippen molar-refractivity contribution in [1.82, 2.24) is 25.4 Å². The van der Waals surface area contributed by atoms with Gasteiger partial charge >= 0.3 is 0 Å². The first-order valence-corrected chi connectivity index (χ1v) is 8.75. The summed E-state index contributed by atoms with van der Waals surface area (Å²) < 4.78 is 7.65. The van der Waals surface area contributed by atoms with Crippen LogP contribution in [-0.4, -0.2) is 40.0 Å². The van der Waals surface area contributed by atoms with Crippen LogP contribution in [0.3, 0.4) is 0 Å². The fourth-order valence-electron chi connectivity index (χ4n) is 2.71. The molecule has 1 aromatic heterocycles. The highest BCUT2D eigenvalue weighted by Crippen LogP contribution is 2.10. The topological polar surface area (TPSA) is 76.4 Å². The van der Waals surface area contributed by atoms with E-state index in [2.05, 4.69) is 38.0 Å². The molecule has 1 saturated heterocycles. The number of rotatable bonds is 6. The number of hydrogen-bond donors (Lipinski definition) is 2. The number of benzene rings is 1. The summed E-state index contributed by atoms with van der Waals surface area (Å²) in [5.41, 5.74) is 1.18. The quantitative estimate of drug-likeness (QED) is 0.385. The number of aromatic nitrogens is 3. The Morgan fingerprint density at radius 3 is 2.73 bits per heavy atom. The third-order valence-electron chi connectivity index (χ3n) is 4.38. The zero-order valence-electron chi connectivity index (χ0n) is 15.3. The van der Waals surface area contributed by atoms with Crippen LogP contribution in [-0.2, 0) is 24.9 Å². The number of ether oxygens (including phenoxy) is 1. The molecule has 1 aliphatic rings. The summed E-state index contributed by atoms with van der Waals surface area (Å²) in [5, 5.41) is 15.0. The van der Waals surface area contributed by atoms with Crippen LogP contribution < -0.4 is 10.6 Å². The Labute approximate surface area is 171 Å². The smallest absolute Gasteiger partial charge is 0.192 e. The predicted molar refractivity (Wildman–Crippen MR) is 113 cm³/mol. The summed E-state index contributed by atoms with van der Waals surface area (Å²) in [7, 11) is 1.97. The molecule has 2 heterocycles. The number of hydrogen-bond acceptors (Lipinski definition) is 4. The molecule has 0 radical (unpaired) electrons. The maximum absolute atomic E-state index is 5.68. The fraction of sp³-hybridized carbons (Fsp3) is 0.500. The average Bonchev–Trinajstić information content (AvgIpc) is 3.27. The van der Waals surface area contributed by atoms with Crippen molar-refractivity contribution in [3.63, 3.8) is 0 Å². The van der Waals surface area contributed by atoms with Gasteiger partial charge in [0.15, 0.2) is 11.8 Å². The molecule has 1 unspecified atom stereocenters. The minimum Gasteiger partial charge on any atom is -0.376 e. The molecule has 8 heteroatoms.